The minimum atomic E-state index is -3.21. The molecule has 0 saturated carbocycles. The number of aryl methyl sites for hydroxylation is 1. The third-order valence-corrected chi connectivity index (χ3v) is 5.87. The monoisotopic (exact) mass is 301 g/mol. The molecule has 0 aromatic carbocycles. The van der Waals surface area contributed by atoms with E-state index >= 15 is 0 Å². The smallest absolute Gasteiger partial charge is 0.154 e. The van der Waals surface area contributed by atoms with Gasteiger partial charge < -0.3 is 9.88 Å². The number of imidazole rings is 1. The van der Waals surface area contributed by atoms with E-state index in [2.05, 4.69) is 24.1 Å². The van der Waals surface area contributed by atoms with Gasteiger partial charge in [0.2, 0.25) is 0 Å². The van der Waals surface area contributed by atoms with E-state index in [0.29, 0.717) is 0 Å². The molecule has 5 nitrogen and oxygen atoms in total. The summed E-state index contributed by atoms with van der Waals surface area (Å²) < 4.78 is 25.4. The Labute approximate surface area is 122 Å². The van der Waals surface area contributed by atoms with Crippen molar-refractivity contribution in [1.82, 2.24) is 14.9 Å². The van der Waals surface area contributed by atoms with Crippen LogP contribution in [0.3, 0.4) is 0 Å². The Morgan fingerprint density at radius 3 is 2.50 bits per heavy atom. The molecular formula is C14H27N3O2S. The molecule has 0 bridgehead atoms. The van der Waals surface area contributed by atoms with Gasteiger partial charge in [0.05, 0.1) is 10.8 Å². The molecule has 6 heteroatoms. The van der Waals surface area contributed by atoms with Crippen LogP contribution in [0.4, 0.5) is 0 Å². The molecule has 1 aromatic rings. The lowest BCUT2D eigenvalue weighted by Crippen LogP contribution is -2.46. The van der Waals surface area contributed by atoms with Crippen molar-refractivity contribution < 1.29 is 8.42 Å². The Balaban J connectivity index is 3.21. The molecule has 0 spiro atoms. The van der Waals surface area contributed by atoms with E-state index in [9.17, 15) is 8.42 Å². The Hall–Kier alpha value is -0.880. The van der Waals surface area contributed by atoms with E-state index in [4.69, 9.17) is 0 Å². The lowest BCUT2D eigenvalue weighted by molar-refractivity contribution is 0.390. The van der Waals surface area contributed by atoms with Gasteiger partial charge >= 0.3 is 0 Å². The highest BCUT2D eigenvalue weighted by atomic mass is 32.2. The number of rotatable bonds is 8. The van der Waals surface area contributed by atoms with Crippen LogP contribution in [0.15, 0.2) is 12.4 Å². The lowest BCUT2D eigenvalue weighted by atomic mass is 10.0. The molecular weight excluding hydrogens is 274 g/mol. The molecule has 0 aliphatic heterocycles. The van der Waals surface area contributed by atoms with Crippen LogP contribution in [-0.2, 0) is 16.4 Å². The molecule has 1 N–H and O–H groups in total. The quantitative estimate of drug-likeness (QED) is 0.799. The van der Waals surface area contributed by atoms with E-state index in [1.807, 2.05) is 10.8 Å². The highest BCUT2D eigenvalue weighted by molar-refractivity contribution is 7.92. The summed E-state index contributed by atoms with van der Waals surface area (Å²) in [6.45, 7) is 9.30. The van der Waals surface area contributed by atoms with Gasteiger partial charge in [0.15, 0.2) is 9.84 Å². The predicted molar refractivity (Wildman–Crippen MR) is 82.5 cm³/mol. The first-order chi connectivity index (χ1) is 9.25. The number of hydrogen-bond acceptors (Lipinski definition) is 4. The molecule has 1 aromatic heterocycles. The molecule has 0 aliphatic rings. The second-order valence-corrected chi connectivity index (χ2v) is 8.34. The summed E-state index contributed by atoms with van der Waals surface area (Å²) >= 11 is 0. The molecule has 0 radical (unpaired) electrons. The maximum absolute atomic E-state index is 12.1. The van der Waals surface area contributed by atoms with Crippen molar-refractivity contribution in [2.24, 2.45) is 0 Å². The lowest BCUT2D eigenvalue weighted by Gasteiger charge is -2.33. The Kier molecular flexibility index (Phi) is 5.77. The average molecular weight is 301 g/mol. The van der Waals surface area contributed by atoms with Gasteiger partial charge in [-0.1, -0.05) is 13.8 Å². The van der Waals surface area contributed by atoms with E-state index in [-0.39, 0.29) is 6.04 Å². The van der Waals surface area contributed by atoms with E-state index in [0.717, 1.165) is 31.8 Å². The summed E-state index contributed by atoms with van der Waals surface area (Å²) in [6.07, 6.45) is 6.89. The summed E-state index contributed by atoms with van der Waals surface area (Å²) in [4.78, 5) is 4.40. The predicted octanol–water partition coefficient (Wildman–Crippen LogP) is 2.16. The highest BCUT2D eigenvalue weighted by Crippen LogP contribution is 2.31. The molecule has 1 heterocycles. The first-order valence-corrected chi connectivity index (χ1v) is 9.08. The molecule has 1 unspecified atom stereocenters. The van der Waals surface area contributed by atoms with Gasteiger partial charge in [-0.15, -0.1) is 0 Å². The summed E-state index contributed by atoms with van der Waals surface area (Å²) in [6, 6.07) is -0.306. The van der Waals surface area contributed by atoms with Gasteiger partial charge in [0.1, 0.15) is 5.82 Å². The second kappa shape index (κ2) is 6.72. The molecule has 0 saturated heterocycles. The van der Waals surface area contributed by atoms with Gasteiger partial charge in [-0.05, 0) is 33.2 Å². The topological polar surface area (TPSA) is 64.0 Å². The number of hydrogen-bond donors (Lipinski definition) is 1. The fraction of sp³-hybridized carbons (Fsp3) is 0.786. The Morgan fingerprint density at radius 2 is 2.00 bits per heavy atom. The van der Waals surface area contributed by atoms with Crippen molar-refractivity contribution in [3.63, 3.8) is 0 Å². The van der Waals surface area contributed by atoms with Crippen LogP contribution in [0, 0.1) is 0 Å². The van der Waals surface area contributed by atoms with Crippen molar-refractivity contribution in [3.05, 3.63) is 18.2 Å². The molecule has 1 atom stereocenters. The van der Waals surface area contributed by atoms with Crippen LogP contribution in [0.1, 0.15) is 52.4 Å². The van der Waals surface area contributed by atoms with Crippen molar-refractivity contribution in [3.8, 4) is 0 Å². The zero-order valence-electron chi connectivity index (χ0n) is 13.2. The summed E-state index contributed by atoms with van der Waals surface area (Å²) in [5.74, 6) is 0.802. The largest absolute Gasteiger partial charge is 0.334 e. The van der Waals surface area contributed by atoms with Crippen molar-refractivity contribution in [2.45, 2.75) is 57.9 Å². The summed E-state index contributed by atoms with van der Waals surface area (Å²) in [5.41, 5.74) is 0. The standard InChI is InChI=1S/C14H27N3O2S/c1-6-8-15-12(14(3,4)20(5,18)19)13-16-9-11-17(13)10-7-2/h9,11-12,15H,6-8,10H2,1-5H3. The summed E-state index contributed by atoms with van der Waals surface area (Å²) in [5, 5.41) is 3.35. The third kappa shape index (κ3) is 3.61. The molecule has 1 rings (SSSR count). The second-order valence-electron chi connectivity index (χ2n) is 5.74. The van der Waals surface area contributed by atoms with Gasteiger partial charge in [0, 0.05) is 25.2 Å². The fourth-order valence-electron chi connectivity index (χ4n) is 2.16. The SMILES string of the molecule is CCCNC(c1nccn1CCC)C(C)(C)S(C)(=O)=O. The molecule has 0 amide bonds. The Bertz CT molecular complexity index is 520. The molecule has 0 aliphatic carbocycles. The molecule has 0 fully saturated rings. The number of aromatic nitrogens is 2. The first-order valence-electron chi connectivity index (χ1n) is 7.19. The van der Waals surface area contributed by atoms with Crippen molar-refractivity contribution >= 4 is 9.84 Å². The minimum Gasteiger partial charge on any atom is -0.334 e. The normalized spacial score (nSPS) is 14.4. The van der Waals surface area contributed by atoms with E-state index in [1.165, 1.54) is 6.26 Å². The molecule has 116 valence electrons. The zero-order valence-corrected chi connectivity index (χ0v) is 14.0. The maximum Gasteiger partial charge on any atom is 0.154 e. The van der Waals surface area contributed by atoms with Gasteiger partial charge in [-0.3, -0.25) is 0 Å². The zero-order chi connectivity index (χ0) is 15.4. The minimum absolute atomic E-state index is 0.306. The van der Waals surface area contributed by atoms with Crippen LogP contribution in [0.5, 0.6) is 0 Å². The van der Waals surface area contributed by atoms with Gasteiger partial charge in [0.25, 0.3) is 0 Å². The van der Waals surface area contributed by atoms with E-state index < -0.39 is 14.6 Å². The molecule has 20 heavy (non-hydrogen) atoms. The fourth-order valence-corrected chi connectivity index (χ4v) is 2.78. The van der Waals surface area contributed by atoms with Crippen LogP contribution >= 0.6 is 0 Å². The highest BCUT2D eigenvalue weighted by Gasteiger charge is 2.41. The van der Waals surface area contributed by atoms with Crippen LogP contribution in [0.2, 0.25) is 0 Å². The number of nitrogens with one attached hydrogen (secondary N) is 1. The van der Waals surface area contributed by atoms with Gasteiger partial charge in [-0.25, -0.2) is 13.4 Å². The Morgan fingerprint density at radius 1 is 1.35 bits per heavy atom. The van der Waals surface area contributed by atoms with Crippen LogP contribution < -0.4 is 5.32 Å². The van der Waals surface area contributed by atoms with Crippen LogP contribution in [-0.4, -0.2) is 35.5 Å². The van der Waals surface area contributed by atoms with Gasteiger partial charge in [-0.2, -0.15) is 0 Å². The summed E-state index contributed by atoms with van der Waals surface area (Å²) in [7, 11) is -3.21. The third-order valence-electron chi connectivity index (χ3n) is 3.72. The first kappa shape index (κ1) is 17.2. The average Bonchev–Trinajstić information content (AvgIpc) is 2.77. The maximum atomic E-state index is 12.1. The van der Waals surface area contributed by atoms with Crippen LogP contribution in [0.25, 0.3) is 0 Å². The number of nitrogens with zero attached hydrogens (tertiary/aromatic N) is 2. The van der Waals surface area contributed by atoms with Crippen molar-refractivity contribution in [1.29, 1.82) is 0 Å². The number of sulfone groups is 1. The van der Waals surface area contributed by atoms with E-state index in [1.54, 1.807) is 20.0 Å². The van der Waals surface area contributed by atoms with Crippen molar-refractivity contribution in [2.75, 3.05) is 12.8 Å².